The maximum atomic E-state index is 12.9. The zero-order valence-electron chi connectivity index (χ0n) is 17.7. The van der Waals surface area contributed by atoms with Gasteiger partial charge in [-0.15, -0.1) is 0 Å². The monoisotopic (exact) mass is 438 g/mol. The molecule has 3 aromatic rings. The van der Waals surface area contributed by atoms with Crippen molar-refractivity contribution in [3.8, 4) is 0 Å². The second-order valence-electron chi connectivity index (χ2n) is 7.44. The maximum Gasteiger partial charge on any atom is 0.255 e. The largest absolute Gasteiger partial charge is 0.322 e. The standard InChI is InChI=1S/C23H26N4O3S/c1-17(22(27(2)3)18-7-5-4-6-8-18)26-31(29,30)21-11-9-20(10-12-21)25-23(28)19-13-15-24-16-14-19/h4-17,22,26H,1-3H3,(H,25,28). The summed E-state index contributed by atoms with van der Waals surface area (Å²) < 4.78 is 28.6. The zero-order chi connectivity index (χ0) is 22.4. The average molecular weight is 439 g/mol. The van der Waals surface area contributed by atoms with Gasteiger partial charge in [-0.25, -0.2) is 13.1 Å². The molecule has 0 bridgehead atoms. The van der Waals surface area contributed by atoms with Gasteiger partial charge in [0, 0.05) is 29.7 Å². The van der Waals surface area contributed by atoms with E-state index >= 15 is 0 Å². The predicted molar refractivity (Wildman–Crippen MR) is 121 cm³/mol. The molecule has 0 aliphatic rings. The summed E-state index contributed by atoms with van der Waals surface area (Å²) in [6.45, 7) is 1.85. The number of benzene rings is 2. The highest BCUT2D eigenvalue weighted by atomic mass is 32.2. The molecule has 1 aromatic heterocycles. The first-order valence-corrected chi connectivity index (χ1v) is 11.3. The van der Waals surface area contributed by atoms with Crippen molar-refractivity contribution in [1.82, 2.24) is 14.6 Å². The van der Waals surface area contributed by atoms with Gasteiger partial charge in [0.05, 0.1) is 10.9 Å². The highest BCUT2D eigenvalue weighted by Gasteiger charge is 2.26. The fourth-order valence-electron chi connectivity index (χ4n) is 3.49. The number of anilines is 1. The Morgan fingerprint density at radius 2 is 1.55 bits per heavy atom. The van der Waals surface area contributed by atoms with Gasteiger partial charge in [0.1, 0.15) is 0 Å². The van der Waals surface area contributed by atoms with E-state index < -0.39 is 10.0 Å². The number of pyridine rings is 1. The van der Waals surface area contributed by atoms with Gasteiger partial charge in [0.15, 0.2) is 0 Å². The van der Waals surface area contributed by atoms with Crippen LogP contribution >= 0.6 is 0 Å². The normalized spacial score (nSPS) is 13.5. The summed E-state index contributed by atoms with van der Waals surface area (Å²) >= 11 is 0. The summed E-state index contributed by atoms with van der Waals surface area (Å²) in [4.78, 5) is 18.2. The number of sulfonamides is 1. The summed E-state index contributed by atoms with van der Waals surface area (Å²) in [7, 11) is 0.0977. The van der Waals surface area contributed by atoms with Crippen molar-refractivity contribution in [3.63, 3.8) is 0 Å². The Kier molecular flexibility index (Phi) is 7.17. The second-order valence-corrected chi connectivity index (χ2v) is 9.16. The van der Waals surface area contributed by atoms with Crippen LogP contribution in [-0.4, -0.2) is 44.3 Å². The van der Waals surface area contributed by atoms with Crippen LogP contribution in [0.2, 0.25) is 0 Å². The van der Waals surface area contributed by atoms with Crippen LogP contribution in [0.4, 0.5) is 5.69 Å². The molecule has 0 fully saturated rings. The fraction of sp³-hybridized carbons (Fsp3) is 0.217. The third-order valence-electron chi connectivity index (χ3n) is 4.88. The lowest BCUT2D eigenvalue weighted by Gasteiger charge is -2.31. The van der Waals surface area contributed by atoms with Crippen LogP contribution in [0, 0.1) is 0 Å². The van der Waals surface area contributed by atoms with Crippen molar-refractivity contribution >= 4 is 21.6 Å². The van der Waals surface area contributed by atoms with Gasteiger partial charge in [-0.3, -0.25) is 9.78 Å². The van der Waals surface area contributed by atoms with E-state index in [0.717, 1.165) is 5.56 Å². The van der Waals surface area contributed by atoms with E-state index in [1.807, 2.05) is 56.3 Å². The molecule has 0 saturated heterocycles. The third-order valence-corrected chi connectivity index (χ3v) is 6.45. The van der Waals surface area contributed by atoms with Crippen LogP contribution in [0.3, 0.4) is 0 Å². The molecule has 0 saturated carbocycles. The number of carbonyl (C=O) groups excluding carboxylic acids is 1. The summed E-state index contributed by atoms with van der Waals surface area (Å²) in [5.41, 5.74) is 2.00. The molecular formula is C23H26N4O3S. The summed E-state index contributed by atoms with van der Waals surface area (Å²) in [5, 5.41) is 2.74. The molecule has 2 unspecified atom stereocenters. The number of rotatable bonds is 8. The Bertz CT molecular complexity index is 1100. The fourth-order valence-corrected chi connectivity index (χ4v) is 4.73. The van der Waals surface area contributed by atoms with Crippen molar-refractivity contribution < 1.29 is 13.2 Å². The number of hydrogen-bond acceptors (Lipinski definition) is 5. The number of amides is 1. The summed E-state index contributed by atoms with van der Waals surface area (Å²) in [6.07, 6.45) is 3.07. The number of aromatic nitrogens is 1. The van der Waals surface area contributed by atoms with E-state index in [9.17, 15) is 13.2 Å². The first-order chi connectivity index (χ1) is 14.8. The van der Waals surface area contributed by atoms with E-state index in [1.54, 1.807) is 24.3 Å². The maximum absolute atomic E-state index is 12.9. The van der Waals surface area contributed by atoms with Gasteiger partial charge < -0.3 is 10.2 Å². The van der Waals surface area contributed by atoms with Gasteiger partial charge in [0.2, 0.25) is 10.0 Å². The van der Waals surface area contributed by atoms with E-state index in [4.69, 9.17) is 0 Å². The van der Waals surface area contributed by atoms with Crippen LogP contribution in [0.5, 0.6) is 0 Å². The van der Waals surface area contributed by atoms with Gasteiger partial charge in [-0.2, -0.15) is 0 Å². The second kappa shape index (κ2) is 9.82. The number of carbonyl (C=O) groups is 1. The van der Waals surface area contributed by atoms with Gasteiger partial charge >= 0.3 is 0 Å². The smallest absolute Gasteiger partial charge is 0.255 e. The predicted octanol–water partition coefficient (Wildman–Crippen LogP) is 3.30. The minimum atomic E-state index is -3.74. The molecule has 1 amide bonds. The SMILES string of the molecule is CC(NS(=O)(=O)c1ccc(NC(=O)c2ccncc2)cc1)C(c1ccccc1)N(C)C. The molecule has 7 nitrogen and oxygen atoms in total. The lowest BCUT2D eigenvalue weighted by atomic mass is 10.0. The molecule has 0 aliphatic carbocycles. The summed E-state index contributed by atoms with van der Waals surface area (Å²) in [5.74, 6) is -0.290. The summed E-state index contributed by atoms with van der Waals surface area (Å²) in [6, 6.07) is 18.6. The van der Waals surface area contributed by atoms with E-state index in [2.05, 4.69) is 15.0 Å². The van der Waals surface area contributed by atoms with Crippen LogP contribution in [0.25, 0.3) is 0 Å². The molecule has 1 heterocycles. The highest BCUT2D eigenvalue weighted by Crippen LogP contribution is 2.24. The van der Waals surface area contributed by atoms with E-state index in [0.29, 0.717) is 11.3 Å². The van der Waals surface area contributed by atoms with Crippen molar-refractivity contribution in [2.24, 2.45) is 0 Å². The Balaban J connectivity index is 1.72. The van der Waals surface area contributed by atoms with Crippen molar-refractivity contribution in [3.05, 3.63) is 90.3 Å². The molecule has 2 N–H and O–H groups in total. The first-order valence-electron chi connectivity index (χ1n) is 9.83. The molecule has 0 aliphatic heterocycles. The number of hydrogen-bond donors (Lipinski definition) is 2. The average Bonchev–Trinajstić information content (AvgIpc) is 2.75. The van der Waals surface area contributed by atoms with Crippen LogP contribution in [0.1, 0.15) is 28.9 Å². The molecule has 8 heteroatoms. The topological polar surface area (TPSA) is 91.4 Å². The van der Waals surface area contributed by atoms with Gasteiger partial charge in [-0.1, -0.05) is 30.3 Å². The lowest BCUT2D eigenvalue weighted by Crippen LogP contribution is -2.42. The number of nitrogens with one attached hydrogen (secondary N) is 2. The van der Waals surface area contributed by atoms with Crippen LogP contribution < -0.4 is 10.0 Å². The lowest BCUT2D eigenvalue weighted by molar-refractivity contribution is 0.102. The molecule has 31 heavy (non-hydrogen) atoms. The quantitative estimate of drug-likeness (QED) is 0.563. The zero-order valence-corrected chi connectivity index (χ0v) is 18.5. The molecule has 0 radical (unpaired) electrons. The van der Waals surface area contributed by atoms with Crippen molar-refractivity contribution in [2.45, 2.75) is 23.9 Å². The van der Waals surface area contributed by atoms with Crippen molar-refractivity contribution in [2.75, 3.05) is 19.4 Å². The number of nitrogens with zero attached hydrogens (tertiary/aromatic N) is 2. The molecule has 0 spiro atoms. The first kappa shape index (κ1) is 22.6. The molecule has 3 rings (SSSR count). The Morgan fingerprint density at radius 1 is 0.935 bits per heavy atom. The molecule has 162 valence electrons. The number of likely N-dealkylation sites (N-methyl/N-ethyl adjacent to an activating group) is 1. The minimum Gasteiger partial charge on any atom is -0.322 e. The molecular weight excluding hydrogens is 412 g/mol. The van der Waals surface area contributed by atoms with Gasteiger partial charge in [0.25, 0.3) is 5.91 Å². The van der Waals surface area contributed by atoms with E-state index in [1.165, 1.54) is 24.5 Å². The van der Waals surface area contributed by atoms with E-state index in [-0.39, 0.29) is 22.9 Å². The third kappa shape index (κ3) is 5.75. The molecule has 2 aromatic carbocycles. The Morgan fingerprint density at radius 3 is 2.13 bits per heavy atom. The van der Waals surface area contributed by atoms with Crippen molar-refractivity contribution in [1.29, 1.82) is 0 Å². The minimum absolute atomic E-state index is 0.130. The van der Waals surface area contributed by atoms with Crippen LogP contribution in [-0.2, 0) is 10.0 Å². The van der Waals surface area contributed by atoms with Crippen LogP contribution in [0.15, 0.2) is 84.0 Å². The highest BCUT2D eigenvalue weighted by molar-refractivity contribution is 7.89. The Hall–Kier alpha value is -3.07. The molecule has 2 atom stereocenters. The van der Waals surface area contributed by atoms with Gasteiger partial charge in [-0.05, 0) is 63.0 Å². The Labute approximate surface area is 183 Å².